The van der Waals surface area contributed by atoms with Gasteiger partial charge in [0.05, 0.1) is 12.4 Å². The van der Waals surface area contributed by atoms with Gasteiger partial charge in [0.25, 0.3) is 0 Å². The minimum absolute atomic E-state index is 0.0653. The van der Waals surface area contributed by atoms with Crippen molar-refractivity contribution >= 4 is 29.5 Å². The van der Waals surface area contributed by atoms with Crippen LogP contribution in [0.25, 0.3) is 0 Å². The van der Waals surface area contributed by atoms with Crippen LogP contribution >= 0.6 is 11.8 Å². The largest absolute Gasteiger partial charge is 0.480 e. The number of hydrogen-bond donors (Lipinski definition) is 5. The summed E-state index contributed by atoms with van der Waals surface area (Å²) in [7, 11) is 0. The molecule has 0 aliphatic rings. The van der Waals surface area contributed by atoms with E-state index in [0.717, 1.165) is 0 Å². The van der Waals surface area contributed by atoms with E-state index in [1.54, 1.807) is 0 Å². The molecule has 0 unspecified atom stereocenters. The molecular weight excluding hydrogens is 358 g/mol. The zero-order valence-corrected chi connectivity index (χ0v) is 16.0. The van der Waals surface area contributed by atoms with E-state index in [2.05, 4.69) is 20.6 Å². The van der Waals surface area contributed by atoms with E-state index in [4.69, 9.17) is 5.73 Å². The Morgan fingerprint density at radius 1 is 1.27 bits per heavy atom. The number of nitrogens with one attached hydrogen (secondary N) is 3. The summed E-state index contributed by atoms with van der Waals surface area (Å²) >= 11 is 1.53. The van der Waals surface area contributed by atoms with E-state index >= 15 is 0 Å². The van der Waals surface area contributed by atoms with Gasteiger partial charge in [-0.3, -0.25) is 9.59 Å². The topological polar surface area (TPSA) is 150 Å². The number of carboxylic acid groups (broad SMARTS) is 1. The predicted molar refractivity (Wildman–Crippen MR) is 99.6 cm³/mol. The third kappa shape index (κ3) is 7.04. The Kier molecular flexibility index (Phi) is 9.14. The molecule has 6 N–H and O–H groups in total. The lowest BCUT2D eigenvalue weighted by Gasteiger charge is -2.23. The summed E-state index contributed by atoms with van der Waals surface area (Å²) in [6.45, 7) is 3.62. The Morgan fingerprint density at radius 2 is 1.92 bits per heavy atom. The fraction of sp³-hybridized carbons (Fsp3) is 0.625. The van der Waals surface area contributed by atoms with Crippen LogP contribution in [0.3, 0.4) is 0 Å². The van der Waals surface area contributed by atoms with Crippen molar-refractivity contribution in [1.29, 1.82) is 0 Å². The van der Waals surface area contributed by atoms with Crippen LogP contribution in [0, 0.1) is 5.92 Å². The van der Waals surface area contributed by atoms with Gasteiger partial charge in [0, 0.05) is 18.3 Å². The molecule has 0 fully saturated rings. The van der Waals surface area contributed by atoms with Gasteiger partial charge in [0.2, 0.25) is 11.8 Å². The molecule has 1 aromatic heterocycles. The Balaban J connectivity index is 2.78. The van der Waals surface area contributed by atoms with E-state index in [9.17, 15) is 19.5 Å². The first kappa shape index (κ1) is 22.0. The molecule has 0 spiro atoms. The first-order chi connectivity index (χ1) is 12.3. The van der Waals surface area contributed by atoms with Gasteiger partial charge in [-0.1, -0.05) is 13.8 Å². The van der Waals surface area contributed by atoms with Crippen molar-refractivity contribution < 1.29 is 19.5 Å². The average molecular weight is 385 g/mol. The highest BCUT2D eigenvalue weighted by molar-refractivity contribution is 7.98. The van der Waals surface area contributed by atoms with Crippen LogP contribution in [-0.2, 0) is 20.8 Å². The monoisotopic (exact) mass is 385 g/mol. The van der Waals surface area contributed by atoms with E-state index in [1.807, 2.05) is 20.1 Å². The Bertz CT molecular complexity index is 593. The summed E-state index contributed by atoms with van der Waals surface area (Å²) in [5.41, 5.74) is 6.41. The maximum atomic E-state index is 12.6. The number of rotatable bonds is 11. The Hall–Kier alpha value is -2.07. The number of carbonyl (C=O) groups excluding carboxylic acids is 2. The zero-order valence-electron chi connectivity index (χ0n) is 15.2. The number of imidazole rings is 1. The molecule has 3 atom stereocenters. The minimum atomic E-state index is -1.17. The van der Waals surface area contributed by atoms with Crippen LogP contribution in [0.2, 0.25) is 0 Å². The van der Waals surface area contributed by atoms with Crippen molar-refractivity contribution in [3.8, 4) is 0 Å². The molecule has 0 aromatic carbocycles. The number of aliphatic carboxylic acids is 1. The van der Waals surface area contributed by atoms with Crippen molar-refractivity contribution in [2.75, 3.05) is 12.0 Å². The smallest absolute Gasteiger partial charge is 0.326 e. The highest BCUT2D eigenvalue weighted by Crippen LogP contribution is 2.06. The van der Waals surface area contributed by atoms with Crippen LogP contribution < -0.4 is 16.4 Å². The van der Waals surface area contributed by atoms with Gasteiger partial charge in [-0.25, -0.2) is 9.78 Å². The number of nitrogens with zero attached hydrogens (tertiary/aromatic N) is 1. The maximum Gasteiger partial charge on any atom is 0.326 e. The molecule has 26 heavy (non-hydrogen) atoms. The number of hydrogen-bond acceptors (Lipinski definition) is 6. The third-order valence-electron chi connectivity index (χ3n) is 3.86. The van der Waals surface area contributed by atoms with Gasteiger partial charge in [0.15, 0.2) is 0 Å². The molecular formula is C16H27N5O4S. The summed E-state index contributed by atoms with van der Waals surface area (Å²) < 4.78 is 0. The molecule has 1 rings (SSSR count). The highest BCUT2D eigenvalue weighted by atomic mass is 32.2. The van der Waals surface area contributed by atoms with E-state index in [0.29, 0.717) is 17.9 Å². The number of H-pyrrole nitrogens is 1. The second-order valence-corrected chi connectivity index (χ2v) is 7.28. The lowest BCUT2D eigenvalue weighted by Crippen LogP contribution is -2.55. The van der Waals surface area contributed by atoms with E-state index in [-0.39, 0.29) is 12.3 Å². The van der Waals surface area contributed by atoms with E-state index < -0.39 is 35.9 Å². The fourth-order valence-corrected chi connectivity index (χ4v) is 2.64. The van der Waals surface area contributed by atoms with Crippen LogP contribution in [0.15, 0.2) is 12.5 Å². The second-order valence-electron chi connectivity index (χ2n) is 6.29. The molecule has 146 valence electrons. The summed E-state index contributed by atoms with van der Waals surface area (Å²) in [6, 6.07) is -2.71. The van der Waals surface area contributed by atoms with Crippen LogP contribution in [-0.4, -0.2) is 63.0 Å². The standard InChI is InChI=1S/C16H27N5O4S/c1-9(2)13(17)15(23)20-11(4-5-26-3)14(22)21-12(16(24)25)6-10-7-18-8-19-10/h7-9,11-13H,4-6,17H2,1-3H3,(H,18,19)(H,20,23)(H,21,22)(H,24,25)/t11-,12-,13-/m0/s1. The number of carboxylic acids is 1. The molecule has 1 aromatic rings. The quantitative estimate of drug-likeness (QED) is 0.352. The molecule has 0 saturated carbocycles. The van der Waals surface area contributed by atoms with Gasteiger partial charge < -0.3 is 26.5 Å². The van der Waals surface area contributed by atoms with Crippen molar-refractivity contribution in [1.82, 2.24) is 20.6 Å². The van der Waals surface area contributed by atoms with Gasteiger partial charge in [-0.15, -0.1) is 0 Å². The number of amides is 2. The van der Waals surface area contributed by atoms with Gasteiger partial charge in [-0.05, 0) is 24.3 Å². The maximum absolute atomic E-state index is 12.6. The van der Waals surface area contributed by atoms with Crippen molar-refractivity contribution in [2.24, 2.45) is 11.7 Å². The lowest BCUT2D eigenvalue weighted by atomic mass is 10.0. The molecule has 0 saturated heterocycles. The summed E-state index contributed by atoms with van der Waals surface area (Å²) in [4.78, 5) is 42.8. The summed E-state index contributed by atoms with van der Waals surface area (Å²) in [5.74, 6) is -1.58. The van der Waals surface area contributed by atoms with Crippen LogP contribution in [0.5, 0.6) is 0 Å². The molecule has 9 nitrogen and oxygen atoms in total. The predicted octanol–water partition coefficient (Wildman–Crippen LogP) is -0.257. The number of thioether (sulfide) groups is 1. The number of aromatic amines is 1. The number of aromatic nitrogens is 2. The Morgan fingerprint density at radius 3 is 2.42 bits per heavy atom. The second kappa shape index (κ2) is 10.8. The first-order valence-corrected chi connectivity index (χ1v) is 9.71. The summed E-state index contributed by atoms with van der Waals surface area (Å²) in [6.07, 6.45) is 5.26. The van der Waals surface area contributed by atoms with Crippen LogP contribution in [0.4, 0.5) is 0 Å². The SMILES string of the molecule is CSCC[C@H](NC(=O)[C@@H](N)C(C)C)C(=O)N[C@@H](Cc1cnc[nH]1)C(=O)O. The van der Waals surface area contributed by atoms with Crippen molar-refractivity contribution in [2.45, 2.75) is 44.8 Å². The molecule has 0 aliphatic carbocycles. The third-order valence-corrected chi connectivity index (χ3v) is 4.50. The lowest BCUT2D eigenvalue weighted by molar-refractivity contribution is -0.142. The molecule has 10 heteroatoms. The Labute approximate surface area is 156 Å². The van der Waals surface area contributed by atoms with Crippen LogP contribution in [0.1, 0.15) is 26.0 Å². The highest BCUT2D eigenvalue weighted by Gasteiger charge is 2.28. The minimum Gasteiger partial charge on any atom is -0.480 e. The van der Waals surface area contributed by atoms with E-state index in [1.165, 1.54) is 24.3 Å². The van der Waals surface area contributed by atoms with Gasteiger partial charge in [-0.2, -0.15) is 11.8 Å². The number of carbonyl (C=O) groups is 3. The molecule has 0 bridgehead atoms. The average Bonchev–Trinajstić information content (AvgIpc) is 3.09. The van der Waals surface area contributed by atoms with Gasteiger partial charge >= 0.3 is 5.97 Å². The van der Waals surface area contributed by atoms with Crippen molar-refractivity contribution in [3.63, 3.8) is 0 Å². The molecule has 1 heterocycles. The normalized spacial score (nSPS) is 14.5. The molecule has 0 radical (unpaired) electrons. The van der Waals surface area contributed by atoms with Crippen molar-refractivity contribution in [3.05, 3.63) is 18.2 Å². The molecule has 0 aliphatic heterocycles. The fourth-order valence-electron chi connectivity index (χ4n) is 2.16. The summed E-state index contributed by atoms with van der Waals surface area (Å²) in [5, 5.41) is 14.5. The first-order valence-electron chi connectivity index (χ1n) is 8.31. The molecule has 2 amide bonds. The number of nitrogens with two attached hydrogens (primary N) is 1. The zero-order chi connectivity index (χ0) is 19.7. The van der Waals surface area contributed by atoms with Gasteiger partial charge in [0.1, 0.15) is 12.1 Å².